The van der Waals surface area contributed by atoms with Crippen LogP contribution in [0.5, 0.6) is 0 Å². The van der Waals surface area contributed by atoms with Crippen molar-refractivity contribution >= 4 is 17.8 Å². The fourth-order valence-corrected chi connectivity index (χ4v) is 5.13. The summed E-state index contributed by atoms with van der Waals surface area (Å²) in [6, 6.07) is 0. The number of cyclic esters (lactones) is 1. The van der Waals surface area contributed by atoms with E-state index in [0.29, 0.717) is 6.42 Å². The molecule has 0 saturated carbocycles. The Morgan fingerprint density at radius 2 is 1.91 bits per heavy atom. The maximum atomic E-state index is 13.2. The monoisotopic (exact) mass is 490 g/mol. The molecule has 0 radical (unpaired) electrons. The molecule has 3 rings (SSSR count). The minimum absolute atomic E-state index is 0.0533. The molecule has 8 nitrogen and oxygen atoms in total. The molecule has 0 bridgehead atoms. The first-order valence-corrected chi connectivity index (χ1v) is 12.7. The number of hydrogen-bond donors (Lipinski definition) is 2. The van der Waals surface area contributed by atoms with Crippen LogP contribution in [0, 0.1) is 17.3 Å². The Labute approximate surface area is 208 Å². The Hall–Kier alpha value is -2.03. The summed E-state index contributed by atoms with van der Waals surface area (Å²) in [6.45, 7) is 10.9. The van der Waals surface area contributed by atoms with E-state index in [1.807, 2.05) is 37.7 Å². The van der Waals surface area contributed by atoms with Crippen LogP contribution in [-0.2, 0) is 26.1 Å². The first-order valence-electron chi connectivity index (χ1n) is 12.7. The van der Waals surface area contributed by atoms with Gasteiger partial charge in [0.15, 0.2) is 0 Å². The molecule has 7 atom stereocenters. The Kier molecular flexibility index (Phi) is 8.29. The van der Waals surface area contributed by atoms with E-state index in [0.717, 1.165) is 30.5 Å². The van der Waals surface area contributed by atoms with Crippen molar-refractivity contribution in [2.45, 2.75) is 104 Å². The summed E-state index contributed by atoms with van der Waals surface area (Å²) in [7, 11) is 1.89. The van der Waals surface area contributed by atoms with Crippen LogP contribution in [0.1, 0.15) is 79.3 Å². The molecule has 0 unspecified atom stereocenters. The molecule has 1 aromatic rings. The normalized spacial score (nSPS) is 37.5. The molecule has 35 heavy (non-hydrogen) atoms. The van der Waals surface area contributed by atoms with Crippen LogP contribution < -0.4 is 0 Å². The fraction of sp³-hybridized carbons (Fsp3) is 0.741. The van der Waals surface area contributed by atoms with Gasteiger partial charge in [0.25, 0.3) is 0 Å². The predicted octanol–water partition coefficient (Wildman–Crippen LogP) is 3.45. The minimum Gasteiger partial charge on any atom is -0.458 e. The number of aliphatic hydroxyl groups is 2. The van der Waals surface area contributed by atoms with Gasteiger partial charge in [-0.3, -0.25) is 9.59 Å². The van der Waals surface area contributed by atoms with Gasteiger partial charge < -0.3 is 24.3 Å². The van der Waals surface area contributed by atoms with E-state index in [1.54, 1.807) is 27.1 Å². The second kappa shape index (κ2) is 10.5. The molecular weight excluding hydrogens is 448 g/mol. The van der Waals surface area contributed by atoms with E-state index in [2.05, 4.69) is 11.9 Å². The van der Waals surface area contributed by atoms with Gasteiger partial charge in [-0.25, -0.2) is 4.98 Å². The third kappa shape index (κ3) is 6.40. The van der Waals surface area contributed by atoms with Gasteiger partial charge in [-0.1, -0.05) is 34.1 Å². The minimum atomic E-state index is -1.23. The molecule has 2 aliphatic heterocycles. The summed E-state index contributed by atoms with van der Waals surface area (Å²) in [4.78, 5) is 30.5. The number of imidazole rings is 1. The van der Waals surface area contributed by atoms with Gasteiger partial charge >= 0.3 is 5.97 Å². The smallest absolute Gasteiger partial charge is 0.309 e. The van der Waals surface area contributed by atoms with Crippen LogP contribution in [0.25, 0.3) is 6.08 Å². The standard InChI is InChI=1S/C27H42N2O6/c1-16-9-8-10-27(6)22(35-27)12-20(17(2)11-19-14-29(7)15-28-19)34-23(31)13-21(30)26(4,5)25(33)18(3)24(16)32/h11,14-16,18,20-22,24,30,32H,8-10,12-13H2,1-7H3/t16-,18+,20-,21-,22-,24-,27+/m0/s1. The number of carbonyl (C=O) groups is 2. The first kappa shape index (κ1) is 27.6. The lowest BCUT2D eigenvalue weighted by atomic mass is 9.73. The maximum absolute atomic E-state index is 13.2. The summed E-state index contributed by atoms with van der Waals surface area (Å²) in [5, 5.41) is 21.7. The van der Waals surface area contributed by atoms with Gasteiger partial charge in [0.05, 0.1) is 47.8 Å². The number of epoxide rings is 1. The van der Waals surface area contributed by atoms with Crippen LogP contribution >= 0.6 is 0 Å². The number of carbonyl (C=O) groups excluding carboxylic acids is 2. The SMILES string of the molecule is CC(=Cc1cn(C)cn1)[C@@H]1C[C@@H]2O[C@]2(C)CCC[C@H](C)[C@H](O)[C@@H](C)C(=O)C(C)(C)[C@@H](O)CC(=O)O1. The molecule has 8 heteroatoms. The largest absolute Gasteiger partial charge is 0.458 e. The third-order valence-electron chi connectivity index (χ3n) is 8.02. The van der Waals surface area contributed by atoms with Gasteiger partial charge in [-0.15, -0.1) is 0 Å². The molecule has 0 aliphatic carbocycles. The van der Waals surface area contributed by atoms with Crippen molar-refractivity contribution in [3.05, 3.63) is 23.8 Å². The molecular formula is C27H42N2O6. The lowest BCUT2D eigenvalue weighted by Gasteiger charge is -2.34. The highest BCUT2D eigenvalue weighted by atomic mass is 16.6. The highest BCUT2D eigenvalue weighted by Gasteiger charge is 2.53. The van der Waals surface area contributed by atoms with Crippen LogP contribution in [0.4, 0.5) is 0 Å². The third-order valence-corrected chi connectivity index (χ3v) is 8.02. The van der Waals surface area contributed by atoms with Gasteiger partial charge in [-0.05, 0) is 44.3 Å². The number of aryl methyl sites for hydroxylation is 1. The zero-order valence-electron chi connectivity index (χ0n) is 22.2. The van der Waals surface area contributed by atoms with Crippen molar-refractivity contribution in [2.24, 2.45) is 24.3 Å². The van der Waals surface area contributed by atoms with E-state index in [1.165, 1.54) is 0 Å². The number of Topliss-reactive ketones (excluding diaryl/α,β-unsaturated/α-hetero) is 1. The molecule has 2 aliphatic rings. The predicted molar refractivity (Wildman–Crippen MR) is 132 cm³/mol. The van der Waals surface area contributed by atoms with Gasteiger partial charge in [0.2, 0.25) is 0 Å². The van der Waals surface area contributed by atoms with E-state index in [4.69, 9.17) is 9.47 Å². The highest BCUT2D eigenvalue weighted by Crippen LogP contribution is 2.45. The molecule has 2 fully saturated rings. The molecule has 196 valence electrons. The second-order valence-electron chi connectivity index (χ2n) is 11.4. The Bertz CT molecular complexity index is 953. The number of esters is 1. The van der Waals surface area contributed by atoms with Gasteiger partial charge in [-0.2, -0.15) is 0 Å². The molecule has 2 saturated heterocycles. The Balaban J connectivity index is 1.85. The summed E-state index contributed by atoms with van der Waals surface area (Å²) in [5.41, 5.74) is 0.0933. The van der Waals surface area contributed by atoms with Crippen LogP contribution in [0.3, 0.4) is 0 Å². The number of hydrogen-bond acceptors (Lipinski definition) is 7. The van der Waals surface area contributed by atoms with Crippen molar-refractivity contribution in [3.63, 3.8) is 0 Å². The average Bonchev–Trinajstić information content (AvgIpc) is 3.22. The van der Waals surface area contributed by atoms with Gasteiger partial charge in [0.1, 0.15) is 11.9 Å². The van der Waals surface area contributed by atoms with E-state index in [9.17, 15) is 19.8 Å². The fourth-order valence-electron chi connectivity index (χ4n) is 5.13. The molecule has 0 amide bonds. The second-order valence-corrected chi connectivity index (χ2v) is 11.4. The van der Waals surface area contributed by atoms with Gasteiger partial charge in [0, 0.05) is 25.6 Å². The molecule has 1 aromatic heterocycles. The topological polar surface area (TPSA) is 114 Å². The molecule has 3 heterocycles. The maximum Gasteiger partial charge on any atom is 0.309 e. The van der Waals surface area contributed by atoms with Crippen molar-refractivity contribution in [3.8, 4) is 0 Å². The number of nitrogens with zero attached hydrogens (tertiary/aromatic N) is 2. The molecule has 2 N–H and O–H groups in total. The average molecular weight is 491 g/mol. The number of aliphatic hydroxyl groups excluding tert-OH is 2. The van der Waals surface area contributed by atoms with Crippen molar-refractivity contribution in [2.75, 3.05) is 0 Å². The van der Waals surface area contributed by atoms with Crippen molar-refractivity contribution < 1.29 is 29.3 Å². The molecule has 0 spiro atoms. The zero-order chi connectivity index (χ0) is 26.1. The number of aromatic nitrogens is 2. The summed E-state index contributed by atoms with van der Waals surface area (Å²) in [6.07, 6.45) is 5.48. The molecule has 0 aromatic carbocycles. The quantitative estimate of drug-likeness (QED) is 0.482. The lowest BCUT2D eigenvalue weighted by molar-refractivity contribution is -0.154. The van der Waals surface area contributed by atoms with Crippen LogP contribution in [0.15, 0.2) is 18.1 Å². The Morgan fingerprint density at radius 3 is 2.54 bits per heavy atom. The highest BCUT2D eigenvalue weighted by molar-refractivity contribution is 5.88. The number of fused-ring (bicyclic) bond motifs is 1. The summed E-state index contributed by atoms with van der Waals surface area (Å²) >= 11 is 0. The van der Waals surface area contributed by atoms with Crippen molar-refractivity contribution in [1.29, 1.82) is 0 Å². The first-order chi connectivity index (χ1) is 16.2. The van der Waals surface area contributed by atoms with Crippen molar-refractivity contribution in [1.82, 2.24) is 9.55 Å². The number of rotatable bonds is 2. The van der Waals surface area contributed by atoms with E-state index < -0.39 is 35.6 Å². The van der Waals surface area contributed by atoms with Crippen LogP contribution in [0.2, 0.25) is 0 Å². The zero-order valence-corrected chi connectivity index (χ0v) is 22.2. The number of ketones is 1. The Morgan fingerprint density at radius 1 is 1.23 bits per heavy atom. The summed E-state index contributed by atoms with van der Waals surface area (Å²) in [5.74, 6) is -1.56. The lowest BCUT2D eigenvalue weighted by Crippen LogP contribution is -2.45. The van der Waals surface area contributed by atoms with Crippen LogP contribution in [-0.4, -0.2) is 61.5 Å². The summed E-state index contributed by atoms with van der Waals surface area (Å²) < 4.78 is 13.8. The van der Waals surface area contributed by atoms with E-state index >= 15 is 0 Å². The number of ether oxygens (including phenoxy) is 2. The van der Waals surface area contributed by atoms with E-state index in [-0.39, 0.29) is 29.8 Å².